The number of rotatable bonds is 5. The first-order chi connectivity index (χ1) is 11.2. The number of nitrogens with two attached hydrogens (primary N) is 1. The molecular formula is C16H21ClN4O2S. The topological polar surface area (TPSA) is 85.2 Å². The first-order valence-electron chi connectivity index (χ1n) is 7.67. The highest BCUT2D eigenvalue weighted by Gasteiger charge is 2.27. The summed E-state index contributed by atoms with van der Waals surface area (Å²) in [5.41, 5.74) is 6.44. The van der Waals surface area contributed by atoms with E-state index in [0.29, 0.717) is 29.9 Å². The first kappa shape index (κ1) is 18.8. The van der Waals surface area contributed by atoms with Crippen molar-refractivity contribution in [2.45, 2.75) is 24.0 Å². The minimum absolute atomic E-state index is 0. The molecule has 0 spiro atoms. The number of aromatic nitrogens is 2. The number of nitrogens with zero attached hydrogens (tertiary/aromatic N) is 3. The van der Waals surface area contributed by atoms with Crippen LogP contribution in [-0.4, -0.2) is 40.6 Å². The van der Waals surface area contributed by atoms with Crippen molar-refractivity contribution in [2.24, 2.45) is 11.7 Å². The first-order valence-corrected chi connectivity index (χ1v) is 8.66. The van der Waals surface area contributed by atoms with Gasteiger partial charge < -0.3 is 15.2 Å². The Kier molecular flexibility index (Phi) is 6.65. The van der Waals surface area contributed by atoms with Crippen molar-refractivity contribution in [3.05, 3.63) is 41.5 Å². The molecule has 2 heterocycles. The van der Waals surface area contributed by atoms with Crippen LogP contribution in [0.15, 0.2) is 33.7 Å². The zero-order chi connectivity index (χ0) is 16.2. The summed E-state index contributed by atoms with van der Waals surface area (Å²) in [6, 6.07) is 7.66. The molecular weight excluding hydrogens is 348 g/mol. The van der Waals surface area contributed by atoms with Crippen molar-refractivity contribution in [1.29, 1.82) is 0 Å². The highest BCUT2D eigenvalue weighted by molar-refractivity contribution is 7.98. The van der Waals surface area contributed by atoms with Crippen LogP contribution in [-0.2, 0) is 5.75 Å². The molecule has 2 N–H and O–H groups in total. The predicted octanol–water partition coefficient (Wildman–Crippen LogP) is 2.51. The van der Waals surface area contributed by atoms with E-state index in [-0.39, 0.29) is 18.3 Å². The van der Waals surface area contributed by atoms with E-state index >= 15 is 0 Å². The molecule has 1 atom stereocenters. The number of likely N-dealkylation sites (tertiary alicyclic amines) is 1. The summed E-state index contributed by atoms with van der Waals surface area (Å²) in [5.74, 6) is 2.23. The van der Waals surface area contributed by atoms with Crippen LogP contribution < -0.4 is 5.73 Å². The minimum atomic E-state index is 0. The van der Waals surface area contributed by atoms with Crippen molar-refractivity contribution >= 4 is 30.1 Å². The summed E-state index contributed by atoms with van der Waals surface area (Å²) in [7, 11) is 0. The number of thioether (sulfide) groups is 1. The van der Waals surface area contributed by atoms with Gasteiger partial charge in [-0.3, -0.25) is 4.79 Å². The van der Waals surface area contributed by atoms with Crippen molar-refractivity contribution in [1.82, 2.24) is 15.0 Å². The highest BCUT2D eigenvalue weighted by Crippen LogP contribution is 2.28. The maximum absolute atomic E-state index is 12.8. The Morgan fingerprint density at radius 2 is 2.25 bits per heavy atom. The molecule has 1 aliphatic rings. The molecule has 0 bridgehead atoms. The van der Waals surface area contributed by atoms with Crippen LogP contribution in [0.3, 0.4) is 0 Å². The van der Waals surface area contributed by atoms with Gasteiger partial charge in [0, 0.05) is 18.0 Å². The standard InChI is InChI=1S/C16H20N4O2S.ClH/c1-11-18-15(22-19-11)10-23-14-5-3-2-4-13(14)16(21)20-7-6-12(8-17)9-20;/h2-5,12H,6-10,17H2,1H3;1H. The van der Waals surface area contributed by atoms with Crippen LogP contribution >= 0.6 is 24.2 Å². The Bertz CT molecular complexity index is 694. The second-order valence-electron chi connectivity index (χ2n) is 5.66. The zero-order valence-corrected chi connectivity index (χ0v) is 15.1. The lowest BCUT2D eigenvalue weighted by Gasteiger charge is -2.18. The van der Waals surface area contributed by atoms with Gasteiger partial charge >= 0.3 is 0 Å². The third kappa shape index (κ3) is 4.28. The van der Waals surface area contributed by atoms with E-state index in [1.54, 1.807) is 6.92 Å². The van der Waals surface area contributed by atoms with Crippen molar-refractivity contribution in [2.75, 3.05) is 19.6 Å². The molecule has 1 aliphatic heterocycles. The Labute approximate surface area is 151 Å². The molecule has 3 rings (SSSR count). The van der Waals surface area contributed by atoms with Crippen molar-refractivity contribution < 1.29 is 9.32 Å². The molecule has 1 amide bonds. The van der Waals surface area contributed by atoms with Crippen LogP contribution in [0.25, 0.3) is 0 Å². The molecule has 8 heteroatoms. The van der Waals surface area contributed by atoms with Gasteiger partial charge in [0.15, 0.2) is 5.82 Å². The van der Waals surface area contributed by atoms with E-state index in [4.69, 9.17) is 10.3 Å². The number of halogens is 1. The quantitative estimate of drug-likeness (QED) is 0.816. The number of carbonyl (C=O) groups is 1. The number of carbonyl (C=O) groups excluding carboxylic acids is 1. The van der Waals surface area contributed by atoms with E-state index in [2.05, 4.69) is 10.1 Å². The molecule has 2 aromatic rings. The molecule has 24 heavy (non-hydrogen) atoms. The van der Waals surface area contributed by atoms with Crippen LogP contribution in [0, 0.1) is 12.8 Å². The maximum Gasteiger partial charge on any atom is 0.254 e. The molecule has 0 saturated carbocycles. The molecule has 1 saturated heterocycles. The highest BCUT2D eigenvalue weighted by atomic mass is 35.5. The van der Waals surface area contributed by atoms with Crippen LogP contribution in [0.4, 0.5) is 0 Å². The van der Waals surface area contributed by atoms with Gasteiger partial charge in [-0.2, -0.15) is 4.98 Å². The van der Waals surface area contributed by atoms with Gasteiger partial charge in [-0.15, -0.1) is 24.2 Å². The fraction of sp³-hybridized carbons (Fsp3) is 0.438. The second kappa shape index (κ2) is 8.50. The average Bonchev–Trinajstić information content (AvgIpc) is 3.21. The fourth-order valence-electron chi connectivity index (χ4n) is 2.69. The lowest BCUT2D eigenvalue weighted by Crippen LogP contribution is -2.30. The zero-order valence-electron chi connectivity index (χ0n) is 13.5. The summed E-state index contributed by atoms with van der Waals surface area (Å²) in [6.45, 7) is 3.95. The Morgan fingerprint density at radius 1 is 1.46 bits per heavy atom. The lowest BCUT2D eigenvalue weighted by molar-refractivity contribution is 0.0784. The van der Waals surface area contributed by atoms with Gasteiger partial charge in [-0.05, 0) is 37.9 Å². The lowest BCUT2D eigenvalue weighted by atomic mass is 10.1. The third-order valence-electron chi connectivity index (χ3n) is 3.94. The SMILES string of the molecule is Cc1noc(CSc2ccccc2C(=O)N2CCC(CN)C2)n1.Cl. The molecule has 6 nitrogen and oxygen atoms in total. The van der Waals surface area contributed by atoms with Crippen molar-refractivity contribution in [3.8, 4) is 0 Å². The predicted molar refractivity (Wildman–Crippen MR) is 95.4 cm³/mol. The number of amides is 1. The Balaban J connectivity index is 0.00000208. The number of hydrogen-bond acceptors (Lipinski definition) is 6. The monoisotopic (exact) mass is 368 g/mol. The van der Waals surface area contributed by atoms with Gasteiger partial charge in [0.2, 0.25) is 5.89 Å². The molecule has 1 unspecified atom stereocenters. The summed E-state index contributed by atoms with van der Waals surface area (Å²) >= 11 is 1.54. The van der Waals surface area contributed by atoms with Crippen LogP contribution in [0.5, 0.6) is 0 Å². The van der Waals surface area contributed by atoms with Crippen LogP contribution in [0.1, 0.15) is 28.5 Å². The van der Waals surface area contributed by atoms with E-state index in [1.165, 1.54) is 11.8 Å². The van der Waals surface area contributed by atoms with Crippen molar-refractivity contribution in [3.63, 3.8) is 0 Å². The van der Waals surface area contributed by atoms with Crippen LogP contribution in [0.2, 0.25) is 0 Å². The van der Waals surface area contributed by atoms with Gasteiger partial charge in [0.05, 0.1) is 11.3 Å². The average molecular weight is 369 g/mol. The largest absolute Gasteiger partial charge is 0.338 e. The van der Waals surface area contributed by atoms with E-state index < -0.39 is 0 Å². The molecule has 1 aromatic carbocycles. The Hall–Kier alpha value is -1.57. The van der Waals surface area contributed by atoms with Gasteiger partial charge in [0.25, 0.3) is 5.91 Å². The normalized spacial score (nSPS) is 16.9. The molecule has 1 aromatic heterocycles. The van der Waals surface area contributed by atoms with Gasteiger partial charge in [-0.25, -0.2) is 0 Å². The summed E-state index contributed by atoms with van der Waals surface area (Å²) in [4.78, 5) is 19.8. The summed E-state index contributed by atoms with van der Waals surface area (Å²) < 4.78 is 5.12. The molecule has 130 valence electrons. The third-order valence-corrected chi connectivity index (χ3v) is 5.00. The molecule has 0 radical (unpaired) electrons. The minimum Gasteiger partial charge on any atom is -0.338 e. The van der Waals surface area contributed by atoms with E-state index in [1.807, 2.05) is 29.2 Å². The number of aryl methyl sites for hydroxylation is 1. The van der Waals surface area contributed by atoms with Gasteiger partial charge in [-0.1, -0.05) is 17.3 Å². The fourth-order valence-corrected chi connectivity index (χ4v) is 3.57. The number of benzene rings is 1. The van der Waals surface area contributed by atoms with E-state index in [0.717, 1.165) is 30.0 Å². The van der Waals surface area contributed by atoms with Gasteiger partial charge in [0.1, 0.15) is 0 Å². The molecule has 1 fully saturated rings. The second-order valence-corrected chi connectivity index (χ2v) is 6.68. The molecule has 0 aliphatic carbocycles. The summed E-state index contributed by atoms with van der Waals surface area (Å²) in [6.07, 6.45) is 0.985. The van der Waals surface area contributed by atoms with E-state index in [9.17, 15) is 4.79 Å². The maximum atomic E-state index is 12.8. The summed E-state index contributed by atoms with van der Waals surface area (Å²) in [5, 5.41) is 3.78. The smallest absolute Gasteiger partial charge is 0.254 e. The number of hydrogen-bond donors (Lipinski definition) is 1. The Morgan fingerprint density at radius 3 is 2.92 bits per heavy atom.